The molecular weight excluding hydrogens is 292 g/mol. The molecule has 6 heteroatoms. The number of amides is 1. The fraction of sp³-hybridized carbons (Fsp3) is 0.647. The largest absolute Gasteiger partial charge is 0.444 e. The van der Waals surface area contributed by atoms with Crippen LogP contribution in [-0.2, 0) is 11.2 Å². The molecule has 23 heavy (non-hydrogen) atoms. The predicted octanol–water partition coefficient (Wildman–Crippen LogP) is 1.50. The Morgan fingerprint density at radius 3 is 2.78 bits per heavy atom. The number of pyridine rings is 1. The smallest absolute Gasteiger partial charge is 0.410 e. The summed E-state index contributed by atoms with van der Waals surface area (Å²) < 4.78 is 5.45. The van der Waals surface area contributed by atoms with E-state index in [1.165, 1.54) is 0 Å². The lowest BCUT2D eigenvalue weighted by atomic mass is 10.1. The molecule has 1 amide bonds. The van der Waals surface area contributed by atoms with Crippen LogP contribution in [0.5, 0.6) is 0 Å². The highest BCUT2D eigenvalue weighted by molar-refractivity contribution is 5.68. The fourth-order valence-corrected chi connectivity index (χ4v) is 2.71. The molecule has 128 valence electrons. The van der Waals surface area contributed by atoms with E-state index in [1.807, 2.05) is 45.2 Å². The highest BCUT2D eigenvalue weighted by atomic mass is 16.6. The molecule has 1 saturated heterocycles. The minimum Gasteiger partial charge on any atom is -0.444 e. The topological polar surface area (TPSA) is 71.7 Å². The van der Waals surface area contributed by atoms with Crippen molar-refractivity contribution >= 4 is 6.09 Å². The van der Waals surface area contributed by atoms with Crippen LogP contribution in [0.4, 0.5) is 4.79 Å². The molecule has 1 aromatic rings. The van der Waals surface area contributed by atoms with E-state index in [-0.39, 0.29) is 12.1 Å². The average Bonchev–Trinajstić information content (AvgIpc) is 2.52. The van der Waals surface area contributed by atoms with Crippen molar-refractivity contribution in [3.8, 4) is 0 Å². The number of carbonyl (C=O) groups excluding carboxylic acids is 1. The van der Waals surface area contributed by atoms with Crippen molar-refractivity contribution in [3.05, 3.63) is 30.1 Å². The molecule has 2 heterocycles. The summed E-state index contributed by atoms with van der Waals surface area (Å²) in [6, 6.07) is 6.13. The SMILES string of the molecule is CC(C)(C)OC(=O)N1CCN(CCc2ccccn2)C(CN)C1. The number of carbonyl (C=O) groups is 1. The van der Waals surface area contributed by atoms with Gasteiger partial charge in [-0.15, -0.1) is 0 Å². The molecule has 1 unspecified atom stereocenters. The first-order valence-electron chi connectivity index (χ1n) is 8.21. The molecule has 1 aliphatic rings. The summed E-state index contributed by atoms with van der Waals surface area (Å²) in [5.74, 6) is 0. The molecular formula is C17H28N4O2. The number of rotatable bonds is 4. The fourth-order valence-electron chi connectivity index (χ4n) is 2.71. The quantitative estimate of drug-likeness (QED) is 0.910. The number of piperazine rings is 1. The molecule has 6 nitrogen and oxygen atoms in total. The van der Waals surface area contributed by atoms with Gasteiger partial charge in [-0.05, 0) is 32.9 Å². The molecule has 1 atom stereocenters. The number of nitrogens with zero attached hydrogens (tertiary/aromatic N) is 3. The minimum absolute atomic E-state index is 0.167. The lowest BCUT2D eigenvalue weighted by molar-refractivity contribution is 0.00494. The van der Waals surface area contributed by atoms with Gasteiger partial charge in [0.15, 0.2) is 0 Å². The van der Waals surface area contributed by atoms with E-state index in [2.05, 4.69) is 9.88 Å². The summed E-state index contributed by atoms with van der Waals surface area (Å²) in [5.41, 5.74) is 6.53. The van der Waals surface area contributed by atoms with E-state index in [4.69, 9.17) is 10.5 Å². The third-order valence-electron chi connectivity index (χ3n) is 3.91. The predicted molar refractivity (Wildman–Crippen MR) is 90.2 cm³/mol. The van der Waals surface area contributed by atoms with Gasteiger partial charge in [0.2, 0.25) is 0 Å². The molecule has 0 spiro atoms. The zero-order chi connectivity index (χ0) is 16.9. The van der Waals surface area contributed by atoms with Crippen molar-refractivity contribution < 1.29 is 9.53 Å². The Morgan fingerprint density at radius 1 is 1.39 bits per heavy atom. The summed E-state index contributed by atoms with van der Waals surface area (Å²) in [7, 11) is 0. The lowest BCUT2D eigenvalue weighted by Gasteiger charge is -2.41. The van der Waals surface area contributed by atoms with Gasteiger partial charge in [0.05, 0.1) is 0 Å². The van der Waals surface area contributed by atoms with Crippen LogP contribution in [0.2, 0.25) is 0 Å². The standard InChI is InChI=1S/C17H28N4O2/c1-17(2,3)23-16(22)21-11-10-20(15(12-18)13-21)9-7-14-6-4-5-8-19-14/h4-6,8,15H,7,9-13,18H2,1-3H3. The number of nitrogens with two attached hydrogens (primary N) is 1. The monoisotopic (exact) mass is 320 g/mol. The molecule has 0 radical (unpaired) electrons. The first-order valence-corrected chi connectivity index (χ1v) is 8.21. The molecule has 2 N–H and O–H groups in total. The molecule has 1 aliphatic heterocycles. The molecule has 0 bridgehead atoms. The van der Waals surface area contributed by atoms with Crippen molar-refractivity contribution in [3.63, 3.8) is 0 Å². The zero-order valence-corrected chi connectivity index (χ0v) is 14.4. The maximum atomic E-state index is 12.2. The third-order valence-corrected chi connectivity index (χ3v) is 3.91. The van der Waals surface area contributed by atoms with Crippen molar-refractivity contribution in [2.24, 2.45) is 5.73 Å². The number of hydrogen-bond donors (Lipinski definition) is 1. The summed E-state index contributed by atoms with van der Waals surface area (Å²) in [4.78, 5) is 20.7. The van der Waals surface area contributed by atoms with Gasteiger partial charge in [-0.25, -0.2) is 4.79 Å². The second-order valence-corrected chi connectivity index (χ2v) is 6.92. The first kappa shape index (κ1) is 17.7. The van der Waals surface area contributed by atoms with Crippen molar-refractivity contribution in [2.45, 2.75) is 38.8 Å². The molecule has 0 saturated carbocycles. The Kier molecular flexibility index (Phi) is 5.96. The summed E-state index contributed by atoms with van der Waals surface area (Å²) in [6.07, 6.45) is 2.46. The normalized spacial score (nSPS) is 19.7. The van der Waals surface area contributed by atoms with Gasteiger partial charge in [-0.3, -0.25) is 9.88 Å². The summed E-state index contributed by atoms with van der Waals surface area (Å²) in [5, 5.41) is 0. The highest BCUT2D eigenvalue weighted by Crippen LogP contribution is 2.15. The Hall–Kier alpha value is -1.66. The Morgan fingerprint density at radius 2 is 2.17 bits per heavy atom. The Bertz CT molecular complexity index is 501. The van der Waals surface area contributed by atoms with Crippen molar-refractivity contribution in [2.75, 3.05) is 32.7 Å². The number of hydrogen-bond acceptors (Lipinski definition) is 5. The number of aromatic nitrogens is 1. The molecule has 0 aromatic carbocycles. The second-order valence-electron chi connectivity index (χ2n) is 6.92. The van der Waals surface area contributed by atoms with Gasteiger partial charge in [-0.1, -0.05) is 6.07 Å². The highest BCUT2D eigenvalue weighted by Gasteiger charge is 2.31. The Labute approximate surface area is 138 Å². The van der Waals surface area contributed by atoms with E-state index in [9.17, 15) is 4.79 Å². The molecule has 1 aromatic heterocycles. The van der Waals surface area contributed by atoms with Crippen LogP contribution < -0.4 is 5.73 Å². The van der Waals surface area contributed by atoms with Crippen LogP contribution in [0.1, 0.15) is 26.5 Å². The molecule has 2 rings (SSSR count). The van der Waals surface area contributed by atoms with Gasteiger partial charge in [0, 0.05) is 57.1 Å². The van der Waals surface area contributed by atoms with E-state index in [0.29, 0.717) is 19.6 Å². The second kappa shape index (κ2) is 7.75. The average molecular weight is 320 g/mol. The van der Waals surface area contributed by atoms with Gasteiger partial charge < -0.3 is 15.4 Å². The molecule has 1 fully saturated rings. The van der Waals surface area contributed by atoms with Crippen molar-refractivity contribution in [1.82, 2.24) is 14.8 Å². The van der Waals surface area contributed by atoms with Crippen LogP contribution in [0.25, 0.3) is 0 Å². The van der Waals surface area contributed by atoms with Gasteiger partial charge in [0.1, 0.15) is 5.60 Å². The lowest BCUT2D eigenvalue weighted by Crippen LogP contribution is -2.58. The van der Waals surface area contributed by atoms with E-state index in [1.54, 1.807) is 4.90 Å². The first-order chi connectivity index (χ1) is 10.9. The third kappa shape index (κ3) is 5.48. The van der Waals surface area contributed by atoms with Crippen molar-refractivity contribution in [1.29, 1.82) is 0 Å². The van der Waals surface area contributed by atoms with Crippen LogP contribution in [0.3, 0.4) is 0 Å². The van der Waals surface area contributed by atoms with Gasteiger partial charge in [0.25, 0.3) is 0 Å². The molecule has 0 aliphatic carbocycles. The van der Waals surface area contributed by atoms with Crippen LogP contribution in [0.15, 0.2) is 24.4 Å². The summed E-state index contributed by atoms with van der Waals surface area (Å²) in [6.45, 7) is 9.19. The van der Waals surface area contributed by atoms with Crippen LogP contribution in [0, 0.1) is 0 Å². The summed E-state index contributed by atoms with van der Waals surface area (Å²) >= 11 is 0. The van der Waals surface area contributed by atoms with Gasteiger partial charge in [-0.2, -0.15) is 0 Å². The Balaban J connectivity index is 1.87. The van der Waals surface area contributed by atoms with E-state index < -0.39 is 5.60 Å². The van der Waals surface area contributed by atoms with Gasteiger partial charge >= 0.3 is 6.09 Å². The maximum Gasteiger partial charge on any atom is 0.410 e. The maximum absolute atomic E-state index is 12.2. The minimum atomic E-state index is -0.467. The van der Waals surface area contributed by atoms with E-state index in [0.717, 1.165) is 25.2 Å². The van der Waals surface area contributed by atoms with Crippen LogP contribution >= 0.6 is 0 Å². The van der Waals surface area contributed by atoms with E-state index >= 15 is 0 Å². The van der Waals surface area contributed by atoms with Crippen LogP contribution in [-0.4, -0.2) is 65.2 Å². The zero-order valence-electron chi connectivity index (χ0n) is 14.4. The number of ether oxygens (including phenoxy) is 1.